The standard InChI is InChI=1S/C22H21ClN2O6/c1-29-18-8-7-17(21(12-18)30-2)14-31-24(13-16-3-4-16)22(26)10-6-15-5-9-19(23)20(11-15)25(27)28/h3,5-12H,4,13-14H2,1-2H3/b10-6+. The number of rotatable bonds is 10. The summed E-state index contributed by atoms with van der Waals surface area (Å²) in [7, 11) is 3.11. The Kier molecular flexibility index (Phi) is 7.28. The van der Waals surface area contributed by atoms with Gasteiger partial charge in [-0.15, -0.1) is 0 Å². The van der Waals surface area contributed by atoms with E-state index in [9.17, 15) is 14.9 Å². The quantitative estimate of drug-likeness (QED) is 0.231. The van der Waals surface area contributed by atoms with Crippen LogP contribution in [0.25, 0.3) is 6.08 Å². The van der Waals surface area contributed by atoms with Crippen LogP contribution in [0.5, 0.6) is 11.5 Å². The van der Waals surface area contributed by atoms with Crippen molar-refractivity contribution in [1.29, 1.82) is 0 Å². The van der Waals surface area contributed by atoms with E-state index < -0.39 is 10.8 Å². The second kappa shape index (κ2) is 10.1. The second-order valence-electron chi connectivity index (χ2n) is 6.69. The molecule has 0 saturated carbocycles. The van der Waals surface area contributed by atoms with E-state index >= 15 is 0 Å². The number of nitrogens with zero attached hydrogens (tertiary/aromatic N) is 2. The lowest BCUT2D eigenvalue weighted by Gasteiger charge is -2.20. The molecule has 1 aliphatic rings. The molecule has 0 fully saturated rings. The largest absolute Gasteiger partial charge is 0.497 e. The van der Waals surface area contributed by atoms with Crippen LogP contribution in [0, 0.1) is 10.1 Å². The number of benzene rings is 2. The molecule has 0 N–H and O–H groups in total. The molecule has 1 amide bonds. The molecule has 0 heterocycles. The zero-order valence-corrected chi connectivity index (χ0v) is 17.8. The summed E-state index contributed by atoms with van der Waals surface area (Å²) in [5, 5.41) is 12.3. The molecule has 31 heavy (non-hydrogen) atoms. The van der Waals surface area contributed by atoms with E-state index in [-0.39, 0.29) is 17.3 Å². The molecule has 0 aromatic heterocycles. The molecule has 3 rings (SSSR count). The fraction of sp³-hybridized carbons (Fsp3) is 0.227. The Labute approximate surface area is 184 Å². The van der Waals surface area contributed by atoms with Gasteiger partial charge in [-0.1, -0.05) is 23.7 Å². The van der Waals surface area contributed by atoms with Gasteiger partial charge in [0.05, 0.1) is 25.7 Å². The first kappa shape index (κ1) is 22.3. The Morgan fingerprint density at radius 2 is 2.00 bits per heavy atom. The molecular weight excluding hydrogens is 424 g/mol. The van der Waals surface area contributed by atoms with E-state index in [1.54, 1.807) is 38.5 Å². The third-order valence-electron chi connectivity index (χ3n) is 4.54. The highest BCUT2D eigenvalue weighted by Crippen LogP contribution is 2.27. The van der Waals surface area contributed by atoms with Crippen LogP contribution in [0.2, 0.25) is 5.02 Å². The molecule has 8 nitrogen and oxygen atoms in total. The lowest BCUT2D eigenvalue weighted by molar-refractivity contribution is -0.384. The van der Waals surface area contributed by atoms with Crippen molar-refractivity contribution < 1.29 is 24.0 Å². The fourth-order valence-electron chi connectivity index (χ4n) is 2.72. The maximum atomic E-state index is 12.7. The van der Waals surface area contributed by atoms with Gasteiger partial charge in [-0.25, -0.2) is 5.06 Å². The molecule has 2 aromatic carbocycles. The number of ether oxygens (including phenoxy) is 2. The summed E-state index contributed by atoms with van der Waals surface area (Å²) in [4.78, 5) is 29.0. The van der Waals surface area contributed by atoms with Crippen molar-refractivity contribution in [3.05, 3.63) is 80.4 Å². The summed E-state index contributed by atoms with van der Waals surface area (Å²) < 4.78 is 10.6. The lowest BCUT2D eigenvalue weighted by atomic mass is 10.2. The van der Waals surface area contributed by atoms with E-state index in [4.69, 9.17) is 25.9 Å². The molecule has 0 atom stereocenters. The second-order valence-corrected chi connectivity index (χ2v) is 7.10. The molecule has 9 heteroatoms. The Bertz CT molecular complexity index is 1050. The van der Waals surface area contributed by atoms with Crippen molar-refractivity contribution in [2.24, 2.45) is 0 Å². The zero-order valence-electron chi connectivity index (χ0n) is 17.0. The first-order chi connectivity index (χ1) is 14.9. The highest BCUT2D eigenvalue weighted by Gasteiger charge is 2.19. The highest BCUT2D eigenvalue weighted by atomic mass is 35.5. The van der Waals surface area contributed by atoms with Crippen molar-refractivity contribution >= 4 is 29.3 Å². The average Bonchev–Trinajstić information content (AvgIpc) is 3.59. The maximum Gasteiger partial charge on any atom is 0.288 e. The third kappa shape index (κ3) is 6.07. The van der Waals surface area contributed by atoms with Crippen molar-refractivity contribution in [2.75, 3.05) is 20.8 Å². The first-order valence-electron chi connectivity index (χ1n) is 9.36. The molecule has 1 aliphatic carbocycles. The van der Waals surface area contributed by atoms with Crippen molar-refractivity contribution in [1.82, 2.24) is 5.06 Å². The van der Waals surface area contributed by atoms with Gasteiger partial charge in [-0.3, -0.25) is 19.7 Å². The summed E-state index contributed by atoms with van der Waals surface area (Å²) in [5.74, 6) is 0.843. The number of nitro groups is 1. The molecule has 0 radical (unpaired) electrons. The minimum absolute atomic E-state index is 0.0348. The maximum absolute atomic E-state index is 12.7. The Balaban J connectivity index is 1.71. The molecule has 162 valence electrons. The summed E-state index contributed by atoms with van der Waals surface area (Å²) in [6, 6.07) is 9.65. The Hall–Kier alpha value is -3.36. The van der Waals surface area contributed by atoms with E-state index in [1.165, 1.54) is 29.3 Å². The van der Waals surface area contributed by atoms with E-state index in [0.717, 1.165) is 17.6 Å². The number of allylic oxidation sites excluding steroid dienone is 1. The number of methoxy groups -OCH3 is 2. The molecule has 0 saturated heterocycles. The Morgan fingerprint density at radius 1 is 1.23 bits per heavy atom. The van der Waals surface area contributed by atoms with Gasteiger partial charge >= 0.3 is 0 Å². The van der Waals surface area contributed by atoms with Crippen LogP contribution in [0.4, 0.5) is 5.69 Å². The van der Waals surface area contributed by atoms with Gasteiger partial charge < -0.3 is 9.47 Å². The first-order valence-corrected chi connectivity index (χ1v) is 9.74. The topological polar surface area (TPSA) is 91.1 Å². The predicted molar refractivity (Wildman–Crippen MR) is 116 cm³/mol. The van der Waals surface area contributed by atoms with Gasteiger partial charge in [-0.05, 0) is 41.8 Å². The average molecular weight is 445 g/mol. The highest BCUT2D eigenvalue weighted by molar-refractivity contribution is 6.32. The molecule has 2 aromatic rings. The van der Waals surface area contributed by atoms with Gasteiger partial charge in [-0.2, -0.15) is 0 Å². The minimum Gasteiger partial charge on any atom is -0.497 e. The summed E-state index contributed by atoms with van der Waals surface area (Å²) in [5.41, 5.74) is 2.10. The number of carbonyl (C=O) groups is 1. The molecule has 0 aliphatic heterocycles. The van der Waals surface area contributed by atoms with E-state index in [0.29, 0.717) is 23.6 Å². The fourth-order valence-corrected chi connectivity index (χ4v) is 2.90. The van der Waals surface area contributed by atoms with Gasteiger partial charge in [0.1, 0.15) is 23.1 Å². The SMILES string of the molecule is COc1ccc(CON(CC2=CC2)C(=O)/C=C/c2ccc(Cl)c([N+](=O)[O-])c2)c(OC)c1. The number of hydrogen-bond donors (Lipinski definition) is 0. The predicted octanol–water partition coefficient (Wildman–Crippen LogP) is 4.57. The number of halogens is 1. The summed E-state index contributed by atoms with van der Waals surface area (Å²) in [6.07, 6.45) is 5.63. The molecule has 0 spiro atoms. The van der Waals surface area contributed by atoms with Gasteiger partial charge in [0, 0.05) is 23.8 Å². The van der Waals surface area contributed by atoms with Gasteiger partial charge in [0.25, 0.3) is 11.6 Å². The molecular formula is C22H21ClN2O6. The van der Waals surface area contributed by atoms with Gasteiger partial charge in [0.2, 0.25) is 0 Å². The van der Waals surface area contributed by atoms with Crippen LogP contribution in [-0.4, -0.2) is 36.7 Å². The minimum atomic E-state index is -0.571. The number of hydrogen-bond acceptors (Lipinski definition) is 6. The van der Waals surface area contributed by atoms with Crippen LogP contribution in [0.1, 0.15) is 17.5 Å². The zero-order chi connectivity index (χ0) is 22.4. The van der Waals surface area contributed by atoms with Crippen molar-refractivity contribution in [3.8, 4) is 11.5 Å². The molecule has 0 bridgehead atoms. The van der Waals surface area contributed by atoms with Gasteiger partial charge in [0.15, 0.2) is 0 Å². The van der Waals surface area contributed by atoms with Crippen molar-refractivity contribution in [2.45, 2.75) is 13.0 Å². The summed E-state index contributed by atoms with van der Waals surface area (Å²) >= 11 is 5.83. The molecule has 0 unspecified atom stereocenters. The number of hydroxylamine groups is 2. The van der Waals surface area contributed by atoms with Crippen LogP contribution in [-0.2, 0) is 16.2 Å². The van der Waals surface area contributed by atoms with Crippen LogP contribution in [0.15, 0.2) is 54.1 Å². The normalized spacial score (nSPS) is 12.4. The van der Waals surface area contributed by atoms with Crippen LogP contribution in [0.3, 0.4) is 0 Å². The van der Waals surface area contributed by atoms with Crippen LogP contribution >= 0.6 is 11.6 Å². The van der Waals surface area contributed by atoms with E-state index in [2.05, 4.69) is 0 Å². The third-order valence-corrected chi connectivity index (χ3v) is 4.86. The smallest absolute Gasteiger partial charge is 0.288 e. The van der Waals surface area contributed by atoms with Crippen molar-refractivity contribution in [3.63, 3.8) is 0 Å². The van der Waals surface area contributed by atoms with E-state index in [1.807, 2.05) is 6.08 Å². The van der Waals surface area contributed by atoms with Crippen LogP contribution < -0.4 is 9.47 Å². The number of nitro benzene ring substituents is 1. The Morgan fingerprint density at radius 3 is 2.65 bits per heavy atom. The monoisotopic (exact) mass is 444 g/mol. The lowest BCUT2D eigenvalue weighted by Crippen LogP contribution is -2.30. The number of carbonyl (C=O) groups excluding carboxylic acids is 1. The number of amides is 1. The summed E-state index contributed by atoms with van der Waals surface area (Å²) in [6.45, 7) is 0.453.